The first-order valence-corrected chi connectivity index (χ1v) is 7.63. The number of benzene rings is 2. The van der Waals surface area contributed by atoms with Gasteiger partial charge < -0.3 is 10.1 Å². The monoisotopic (exact) mass is 269 g/mol. The van der Waals surface area contributed by atoms with Gasteiger partial charge in [-0.1, -0.05) is 42.5 Å². The third-order valence-corrected chi connectivity index (χ3v) is 4.10. The van der Waals surface area contributed by atoms with Crippen molar-refractivity contribution >= 4 is 10.8 Å². The van der Waals surface area contributed by atoms with Crippen LogP contribution < -0.4 is 5.32 Å². The predicted octanol–water partition coefficient (Wildman–Crippen LogP) is 3.54. The zero-order chi connectivity index (χ0) is 13.8. The van der Waals surface area contributed by atoms with Gasteiger partial charge in [0.15, 0.2) is 0 Å². The Bertz CT molecular complexity index is 560. The second-order valence-corrected chi connectivity index (χ2v) is 5.84. The molecule has 1 unspecified atom stereocenters. The maximum Gasteiger partial charge on any atom is 0.0480 e. The average molecular weight is 269 g/mol. The van der Waals surface area contributed by atoms with E-state index in [1.807, 2.05) is 0 Å². The summed E-state index contributed by atoms with van der Waals surface area (Å²) in [6, 6.07) is 16.5. The molecule has 2 aromatic rings. The first kappa shape index (κ1) is 13.6. The van der Waals surface area contributed by atoms with Crippen molar-refractivity contribution in [3.05, 3.63) is 48.0 Å². The highest BCUT2D eigenvalue weighted by Gasteiger charge is 2.15. The van der Waals surface area contributed by atoms with Gasteiger partial charge in [-0.3, -0.25) is 0 Å². The van der Waals surface area contributed by atoms with E-state index in [9.17, 15) is 0 Å². The van der Waals surface area contributed by atoms with Crippen LogP contribution in [-0.2, 0) is 11.2 Å². The zero-order valence-corrected chi connectivity index (χ0v) is 12.1. The minimum atomic E-state index is 0.513. The van der Waals surface area contributed by atoms with Gasteiger partial charge in [-0.05, 0) is 42.5 Å². The van der Waals surface area contributed by atoms with Crippen LogP contribution in [0.4, 0.5) is 0 Å². The van der Waals surface area contributed by atoms with E-state index < -0.39 is 0 Å². The normalized spacial score (nSPS) is 18.2. The largest absolute Gasteiger partial charge is 0.381 e. The lowest BCUT2D eigenvalue weighted by Crippen LogP contribution is -2.41. The van der Waals surface area contributed by atoms with E-state index in [2.05, 4.69) is 54.7 Å². The minimum Gasteiger partial charge on any atom is -0.381 e. The summed E-state index contributed by atoms with van der Waals surface area (Å²) in [6.45, 7) is 4.09. The van der Waals surface area contributed by atoms with Gasteiger partial charge >= 0.3 is 0 Å². The lowest BCUT2D eigenvalue weighted by molar-refractivity contribution is 0.0755. The third-order valence-electron chi connectivity index (χ3n) is 4.10. The van der Waals surface area contributed by atoms with Crippen LogP contribution in [0.25, 0.3) is 10.8 Å². The van der Waals surface area contributed by atoms with Crippen LogP contribution in [0.3, 0.4) is 0 Å². The van der Waals surface area contributed by atoms with E-state index in [1.54, 1.807) is 0 Å². The molecule has 1 aliphatic rings. The van der Waals surface area contributed by atoms with Gasteiger partial charge in [0.25, 0.3) is 0 Å². The number of nitrogens with one attached hydrogen (secondary N) is 1. The van der Waals surface area contributed by atoms with Crippen LogP contribution in [0.1, 0.15) is 25.3 Å². The molecule has 1 saturated heterocycles. The molecular formula is C18H23NO. The molecule has 0 saturated carbocycles. The van der Waals surface area contributed by atoms with Gasteiger partial charge in [0.1, 0.15) is 0 Å². The summed E-state index contributed by atoms with van der Waals surface area (Å²) in [4.78, 5) is 0. The number of fused-ring (bicyclic) bond motifs is 1. The first-order valence-electron chi connectivity index (χ1n) is 7.63. The summed E-state index contributed by atoms with van der Waals surface area (Å²) in [6.07, 6.45) is 3.37. The van der Waals surface area contributed by atoms with Crippen LogP contribution >= 0.6 is 0 Å². The topological polar surface area (TPSA) is 21.3 Å². The van der Waals surface area contributed by atoms with Gasteiger partial charge in [-0.15, -0.1) is 0 Å². The van der Waals surface area contributed by atoms with E-state index in [1.165, 1.54) is 16.3 Å². The van der Waals surface area contributed by atoms with Gasteiger partial charge in [0.05, 0.1) is 0 Å². The van der Waals surface area contributed by atoms with Gasteiger partial charge in [0.2, 0.25) is 0 Å². The van der Waals surface area contributed by atoms with Gasteiger partial charge in [-0.2, -0.15) is 0 Å². The molecule has 3 rings (SSSR count). The Morgan fingerprint density at radius 1 is 1.10 bits per heavy atom. The highest BCUT2D eigenvalue weighted by Crippen LogP contribution is 2.17. The van der Waals surface area contributed by atoms with Crippen molar-refractivity contribution in [2.75, 3.05) is 13.2 Å². The smallest absolute Gasteiger partial charge is 0.0480 e. The van der Waals surface area contributed by atoms with E-state index >= 15 is 0 Å². The molecule has 2 aromatic carbocycles. The molecule has 0 aromatic heterocycles. The van der Waals surface area contributed by atoms with Crippen molar-refractivity contribution < 1.29 is 4.74 Å². The second kappa shape index (κ2) is 6.38. The van der Waals surface area contributed by atoms with Crippen LogP contribution in [0, 0.1) is 0 Å². The van der Waals surface area contributed by atoms with Crippen molar-refractivity contribution in [2.24, 2.45) is 0 Å². The zero-order valence-electron chi connectivity index (χ0n) is 12.1. The summed E-state index contributed by atoms with van der Waals surface area (Å²) >= 11 is 0. The number of hydrogen-bond donors (Lipinski definition) is 1. The third kappa shape index (κ3) is 3.38. The molecule has 2 nitrogen and oxygen atoms in total. The fourth-order valence-electron chi connectivity index (χ4n) is 3.04. The van der Waals surface area contributed by atoms with Crippen molar-refractivity contribution in [3.8, 4) is 0 Å². The summed E-state index contributed by atoms with van der Waals surface area (Å²) in [7, 11) is 0. The highest BCUT2D eigenvalue weighted by atomic mass is 16.5. The summed E-state index contributed by atoms with van der Waals surface area (Å²) in [5.74, 6) is 0. The van der Waals surface area contributed by atoms with Gasteiger partial charge in [-0.25, -0.2) is 0 Å². The van der Waals surface area contributed by atoms with Crippen LogP contribution in [0.2, 0.25) is 0 Å². The van der Waals surface area contributed by atoms with Gasteiger partial charge in [0, 0.05) is 25.3 Å². The SMILES string of the molecule is CC(Cc1ccc2ccccc2c1)NC1CCOCC1. The fraction of sp³-hybridized carbons (Fsp3) is 0.444. The molecule has 2 heteroatoms. The summed E-state index contributed by atoms with van der Waals surface area (Å²) in [5.41, 5.74) is 1.41. The summed E-state index contributed by atoms with van der Waals surface area (Å²) < 4.78 is 5.41. The Kier molecular flexibility index (Phi) is 4.34. The molecule has 0 radical (unpaired) electrons. The Hall–Kier alpha value is -1.38. The number of hydrogen-bond acceptors (Lipinski definition) is 2. The molecule has 1 heterocycles. The molecule has 1 N–H and O–H groups in total. The summed E-state index contributed by atoms with van der Waals surface area (Å²) in [5, 5.41) is 6.39. The highest BCUT2D eigenvalue weighted by molar-refractivity contribution is 5.82. The van der Waals surface area contributed by atoms with E-state index in [0.717, 1.165) is 32.5 Å². The Morgan fingerprint density at radius 3 is 2.65 bits per heavy atom. The standard InChI is InChI=1S/C18H23NO/c1-14(19-18-8-10-20-11-9-18)12-15-6-7-16-4-2-3-5-17(16)13-15/h2-7,13-14,18-19H,8-12H2,1H3. The molecule has 1 atom stereocenters. The molecule has 20 heavy (non-hydrogen) atoms. The molecule has 0 spiro atoms. The van der Waals surface area contributed by atoms with Crippen LogP contribution in [-0.4, -0.2) is 25.3 Å². The van der Waals surface area contributed by atoms with Crippen molar-refractivity contribution in [1.29, 1.82) is 0 Å². The Balaban J connectivity index is 1.62. The number of rotatable bonds is 4. The molecule has 0 bridgehead atoms. The molecule has 0 amide bonds. The maximum atomic E-state index is 5.41. The maximum absolute atomic E-state index is 5.41. The number of ether oxygens (including phenoxy) is 1. The van der Waals surface area contributed by atoms with Crippen molar-refractivity contribution in [3.63, 3.8) is 0 Å². The van der Waals surface area contributed by atoms with E-state index in [0.29, 0.717) is 12.1 Å². The Labute approximate surface area is 121 Å². The first-order chi connectivity index (χ1) is 9.81. The lowest BCUT2D eigenvalue weighted by Gasteiger charge is -2.26. The van der Waals surface area contributed by atoms with Crippen LogP contribution in [0.15, 0.2) is 42.5 Å². The van der Waals surface area contributed by atoms with Crippen molar-refractivity contribution in [1.82, 2.24) is 5.32 Å². The molecular weight excluding hydrogens is 246 g/mol. The minimum absolute atomic E-state index is 0.513. The molecule has 1 fully saturated rings. The molecule has 106 valence electrons. The van der Waals surface area contributed by atoms with Crippen molar-refractivity contribution in [2.45, 2.75) is 38.3 Å². The molecule has 1 aliphatic heterocycles. The predicted molar refractivity (Wildman–Crippen MR) is 84.1 cm³/mol. The average Bonchev–Trinajstić information content (AvgIpc) is 2.48. The van der Waals surface area contributed by atoms with E-state index in [4.69, 9.17) is 4.74 Å². The second-order valence-electron chi connectivity index (χ2n) is 5.84. The van der Waals surface area contributed by atoms with Crippen LogP contribution in [0.5, 0.6) is 0 Å². The molecule has 0 aliphatic carbocycles. The quantitative estimate of drug-likeness (QED) is 0.916. The lowest BCUT2D eigenvalue weighted by atomic mass is 10.0. The Morgan fingerprint density at radius 2 is 1.85 bits per heavy atom. The fourth-order valence-corrected chi connectivity index (χ4v) is 3.04. The van der Waals surface area contributed by atoms with E-state index in [-0.39, 0.29) is 0 Å².